The molecule has 108 valence electrons. The van der Waals surface area contributed by atoms with Gasteiger partial charge in [0.15, 0.2) is 0 Å². The van der Waals surface area contributed by atoms with Gasteiger partial charge in [-0.3, -0.25) is 14.4 Å². The molecule has 0 saturated carbocycles. The van der Waals surface area contributed by atoms with Gasteiger partial charge >= 0.3 is 0 Å². The predicted octanol–water partition coefficient (Wildman–Crippen LogP) is 0.879. The summed E-state index contributed by atoms with van der Waals surface area (Å²) in [5.74, 6) is -1.98. The highest BCUT2D eigenvalue weighted by molar-refractivity contribution is 6.31. The van der Waals surface area contributed by atoms with Gasteiger partial charge in [-0.25, -0.2) is 4.39 Å². The first-order valence-electron chi connectivity index (χ1n) is 5.57. The molecule has 0 aliphatic heterocycles. The first kappa shape index (κ1) is 15.9. The number of anilines is 1. The maximum absolute atomic E-state index is 12.6. The second-order valence-electron chi connectivity index (χ2n) is 3.75. The molecule has 1 aromatic carbocycles. The fourth-order valence-corrected chi connectivity index (χ4v) is 1.50. The number of amides is 3. The average molecular weight is 302 g/mol. The molecule has 0 aromatic heterocycles. The number of halogens is 2. The van der Waals surface area contributed by atoms with Crippen molar-refractivity contribution in [3.05, 3.63) is 29.3 Å². The lowest BCUT2D eigenvalue weighted by Gasteiger charge is -2.10. The molecule has 20 heavy (non-hydrogen) atoms. The van der Waals surface area contributed by atoms with E-state index in [-0.39, 0.29) is 16.8 Å². The Morgan fingerprint density at radius 1 is 1.05 bits per heavy atom. The molecule has 0 bridgehead atoms. The normalized spacial score (nSPS) is 11.4. The molecular formula is C12H13ClFN3O3. The van der Waals surface area contributed by atoms with E-state index >= 15 is 0 Å². The molecule has 8 heteroatoms. The van der Waals surface area contributed by atoms with Gasteiger partial charge in [-0.05, 0) is 18.2 Å². The molecule has 3 amide bonds. The Labute approximate surface area is 119 Å². The van der Waals surface area contributed by atoms with E-state index in [1.165, 1.54) is 32.3 Å². The Kier molecular flexibility index (Phi) is 5.45. The van der Waals surface area contributed by atoms with Crippen LogP contribution in [0.3, 0.4) is 0 Å². The first-order valence-corrected chi connectivity index (χ1v) is 6.01. The van der Waals surface area contributed by atoms with Crippen LogP contribution in [0.15, 0.2) is 18.2 Å². The van der Waals surface area contributed by atoms with Gasteiger partial charge in [0, 0.05) is 30.9 Å². The summed E-state index contributed by atoms with van der Waals surface area (Å²) in [6.45, 7) is 0. The Bertz CT molecular complexity index is 514. The lowest BCUT2D eigenvalue weighted by Crippen LogP contribution is -2.23. The van der Waals surface area contributed by atoms with Crippen LogP contribution in [0.5, 0.6) is 0 Å². The molecule has 0 heterocycles. The molecule has 0 aliphatic rings. The van der Waals surface area contributed by atoms with Crippen LogP contribution >= 0.6 is 11.6 Å². The van der Waals surface area contributed by atoms with Crippen molar-refractivity contribution in [2.24, 2.45) is 0 Å². The summed E-state index contributed by atoms with van der Waals surface area (Å²) in [6.07, 6.45) is 0. The molecule has 1 aromatic rings. The summed E-state index contributed by atoms with van der Waals surface area (Å²) < 4.78 is 12.6. The number of nitrogens with one attached hydrogen (secondary N) is 3. The van der Waals surface area contributed by atoms with E-state index in [4.69, 9.17) is 11.6 Å². The van der Waals surface area contributed by atoms with Crippen molar-refractivity contribution < 1.29 is 18.8 Å². The van der Waals surface area contributed by atoms with E-state index in [2.05, 4.69) is 16.0 Å². The minimum Gasteiger partial charge on any atom is -0.355 e. The van der Waals surface area contributed by atoms with Crippen LogP contribution in [-0.4, -0.2) is 37.4 Å². The lowest BCUT2D eigenvalue weighted by atomic mass is 10.1. The lowest BCUT2D eigenvalue weighted by molar-refractivity contribution is -0.118. The number of carbonyl (C=O) groups is 3. The van der Waals surface area contributed by atoms with E-state index in [1.54, 1.807) is 0 Å². The van der Waals surface area contributed by atoms with E-state index < -0.39 is 23.4 Å². The summed E-state index contributed by atoms with van der Waals surface area (Å²) in [7, 11) is 2.84. The third-order valence-corrected chi connectivity index (χ3v) is 2.58. The van der Waals surface area contributed by atoms with Crippen molar-refractivity contribution in [3.8, 4) is 0 Å². The number of alkyl halides is 2. The fourth-order valence-electron chi connectivity index (χ4n) is 1.45. The first-order chi connectivity index (χ1) is 9.38. The molecule has 6 nitrogen and oxygen atoms in total. The predicted molar refractivity (Wildman–Crippen MR) is 72.6 cm³/mol. The molecular weight excluding hydrogens is 289 g/mol. The van der Waals surface area contributed by atoms with Gasteiger partial charge < -0.3 is 16.0 Å². The molecule has 3 N–H and O–H groups in total. The van der Waals surface area contributed by atoms with Gasteiger partial charge in [0.25, 0.3) is 23.4 Å². The van der Waals surface area contributed by atoms with Crippen molar-refractivity contribution in [3.63, 3.8) is 0 Å². The summed E-state index contributed by atoms with van der Waals surface area (Å²) in [5, 5.41) is 6.94. The number of rotatable bonds is 4. The van der Waals surface area contributed by atoms with Crippen molar-refractivity contribution in [1.82, 2.24) is 10.6 Å². The second-order valence-corrected chi connectivity index (χ2v) is 4.13. The third-order valence-electron chi connectivity index (χ3n) is 2.38. The van der Waals surface area contributed by atoms with E-state index in [9.17, 15) is 18.8 Å². The number of carbonyl (C=O) groups excluding carboxylic acids is 3. The number of hydrogen-bond donors (Lipinski definition) is 3. The number of hydrogen-bond acceptors (Lipinski definition) is 3. The van der Waals surface area contributed by atoms with Gasteiger partial charge in [0.2, 0.25) is 0 Å². The summed E-state index contributed by atoms with van der Waals surface area (Å²) in [6, 6.07) is 3.96. The van der Waals surface area contributed by atoms with Crippen molar-refractivity contribution in [1.29, 1.82) is 0 Å². The maximum Gasteiger partial charge on any atom is 0.274 e. The molecule has 0 spiro atoms. The van der Waals surface area contributed by atoms with Crippen molar-refractivity contribution in [2.75, 3.05) is 19.4 Å². The second kappa shape index (κ2) is 6.85. The van der Waals surface area contributed by atoms with Gasteiger partial charge in [0.05, 0.1) is 0 Å². The standard InChI is InChI=1S/C12H13ClFN3O3/c1-15-10(18)6-3-7(11(19)16-2)5-8(4-6)17-12(20)9(13)14/h3-5,9H,1-2H3,(H,15,18)(H,16,19)(H,17,20). The average Bonchev–Trinajstić information content (AvgIpc) is 2.44. The zero-order valence-electron chi connectivity index (χ0n) is 10.8. The van der Waals surface area contributed by atoms with Crippen LogP contribution in [0.4, 0.5) is 10.1 Å². The van der Waals surface area contributed by atoms with Gasteiger partial charge in [-0.15, -0.1) is 0 Å². The van der Waals surface area contributed by atoms with Crippen LogP contribution < -0.4 is 16.0 Å². The molecule has 0 radical (unpaired) electrons. The fraction of sp³-hybridized carbons (Fsp3) is 0.250. The molecule has 1 atom stereocenters. The highest BCUT2D eigenvalue weighted by Gasteiger charge is 2.16. The van der Waals surface area contributed by atoms with Crippen LogP contribution in [0.1, 0.15) is 20.7 Å². The van der Waals surface area contributed by atoms with Crippen molar-refractivity contribution in [2.45, 2.75) is 5.63 Å². The van der Waals surface area contributed by atoms with Crippen LogP contribution in [-0.2, 0) is 4.79 Å². The summed E-state index contributed by atoms with van der Waals surface area (Å²) in [4.78, 5) is 34.4. The minimum absolute atomic E-state index is 0.0954. The van der Waals surface area contributed by atoms with Crippen LogP contribution in [0.2, 0.25) is 0 Å². The Morgan fingerprint density at radius 3 is 1.85 bits per heavy atom. The van der Waals surface area contributed by atoms with Crippen LogP contribution in [0, 0.1) is 0 Å². The highest BCUT2D eigenvalue weighted by atomic mass is 35.5. The topological polar surface area (TPSA) is 87.3 Å². The maximum atomic E-state index is 12.6. The Balaban J connectivity index is 3.19. The molecule has 1 unspecified atom stereocenters. The smallest absolute Gasteiger partial charge is 0.274 e. The quantitative estimate of drug-likeness (QED) is 0.721. The van der Waals surface area contributed by atoms with E-state index in [0.29, 0.717) is 0 Å². The Morgan fingerprint density at radius 2 is 1.50 bits per heavy atom. The monoisotopic (exact) mass is 301 g/mol. The van der Waals surface area contributed by atoms with Crippen molar-refractivity contribution >= 4 is 35.0 Å². The highest BCUT2D eigenvalue weighted by Crippen LogP contribution is 2.16. The molecule has 1 rings (SSSR count). The molecule has 0 saturated heterocycles. The third kappa shape index (κ3) is 3.92. The van der Waals surface area contributed by atoms with Gasteiger partial charge in [0.1, 0.15) is 0 Å². The Hall–Kier alpha value is -2.15. The van der Waals surface area contributed by atoms with E-state index in [1.807, 2.05) is 0 Å². The van der Waals surface area contributed by atoms with Gasteiger partial charge in [-0.1, -0.05) is 11.6 Å². The largest absolute Gasteiger partial charge is 0.355 e. The zero-order chi connectivity index (χ0) is 15.3. The summed E-state index contributed by atoms with van der Waals surface area (Å²) >= 11 is 5.00. The molecule has 0 aliphatic carbocycles. The van der Waals surface area contributed by atoms with Crippen LogP contribution in [0.25, 0.3) is 0 Å². The van der Waals surface area contributed by atoms with Gasteiger partial charge in [-0.2, -0.15) is 0 Å². The SMILES string of the molecule is CNC(=O)c1cc(NC(=O)C(F)Cl)cc(C(=O)NC)c1. The number of benzene rings is 1. The van der Waals surface area contributed by atoms with E-state index in [0.717, 1.165) is 0 Å². The minimum atomic E-state index is -2.22. The molecule has 0 fully saturated rings. The zero-order valence-corrected chi connectivity index (χ0v) is 11.5. The summed E-state index contributed by atoms with van der Waals surface area (Å²) in [5.41, 5.74) is -1.83.